The molecule has 0 aliphatic carbocycles. The molecule has 2 aromatic rings. The molecule has 0 fully saturated rings. The summed E-state index contributed by atoms with van der Waals surface area (Å²) in [6.45, 7) is 0. The zero-order valence-corrected chi connectivity index (χ0v) is 11.9. The van der Waals surface area contributed by atoms with E-state index in [1.807, 2.05) is 0 Å². The number of hydrogen-bond acceptors (Lipinski definition) is 5. The molecule has 0 aliphatic rings. The number of halogens is 1. The van der Waals surface area contributed by atoms with Crippen LogP contribution in [0.3, 0.4) is 0 Å². The summed E-state index contributed by atoms with van der Waals surface area (Å²) in [6, 6.07) is 5.72. The van der Waals surface area contributed by atoms with Gasteiger partial charge < -0.3 is 0 Å². The first kappa shape index (κ1) is 14.7. The molecule has 0 unspecified atom stereocenters. The highest BCUT2D eigenvalue weighted by molar-refractivity contribution is 7.91. The Bertz CT molecular complexity index is 761. The molecule has 1 aromatic heterocycles. The fraction of sp³-hybridized carbons (Fsp3) is 0.250. The van der Waals surface area contributed by atoms with E-state index in [1.165, 1.54) is 30.5 Å². The number of pyridine rings is 1. The molecule has 0 N–H and O–H groups in total. The van der Waals surface area contributed by atoms with E-state index in [-0.39, 0.29) is 28.3 Å². The van der Waals surface area contributed by atoms with Crippen molar-refractivity contribution >= 4 is 38.0 Å². The average Bonchev–Trinajstić information content (AvgIpc) is 2.43. The monoisotopic (exact) mass is 314 g/mol. The van der Waals surface area contributed by atoms with E-state index in [2.05, 4.69) is 4.98 Å². The van der Waals surface area contributed by atoms with E-state index in [0.717, 1.165) is 0 Å². The normalized spacial score (nSPS) is 11.7. The van der Waals surface area contributed by atoms with Gasteiger partial charge in [-0.2, -0.15) is 0 Å². The number of sulfone groups is 1. The largest absolute Gasteiger partial charge is 0.297 e. The molecular weight excluding hydrogens is 304 g/mol. The molecule has 1 aromatic carbocycles. The van der Waals surface area contributed by atoms with Gasteiger partial charge in [0.05, 0.1) is 21.6 Å². The van der Waals surface area contributed by atoms with Gasteiger partial charge in [0.2, 0.25) is 0 Å². The van der Waals surface area contributed by atoms with Crippen molar-refractivity contribution in [1.29, 1.82) is 0 Å². The number of nitro benzene ring substituents is 1. The standard InChI is InChI=1S/C12H11ClN2O4S/c13-6-2-8-20(18,19)11-5-4-10-9(3-1-7-14-10)12(11)15(16)17/h1,3-5,7H,2,6,8H2. The highest BCUT2D eigenvalue weighted by atomic mass is 35.5. The van der Waals surface area contributed by atoms with E-state index < -0.39 is 20.4 Å². The maximum absolute atomic E-state index is 12.2. The first-order valence-electron chi connectivity index (χ1n) is 5.78. The number of alkyl halides is 1. The van der Waals surface area contributed by atoms with E-state index in [1.54, 1.807) is 0 Å². The summed E-state index contributed by atoms with van der Waals surface area (Å²) in [7, 11) is -3.74. The minimum Gasteiger partial charge on any atom is -0.258 e. The Hall–Kier alpha value is -1.73. The van der Waals surface area contributed by atoms with Crippen molar-refractivity contribution in [1.82, 2.24) is 4.98 Å². The van der Waals surface area contributed by atoms with Crippen LogP contribution in [-0.4, -0.2) is 30.0 Å². The molecule has 0 aliphatic heterocycles. The van der Waals surface area contributed by atoms with E-state index >= 15 is 0 Å². The van der Waals surface area contributed by atoms with Crippen LogP contribution in [0.15, 0.2) is 35.4 Å². The number of hydrogen-bond donors (Lipinski definition) is 0. The molecule has 0 spiro atoms. The van der Waals surface area contributed by atoms with Gasteiger partial charge in [0, 0.05) is 12.1 Å². The van der Waals surface area contributed by atoms with Gasteiger partial charge in [0.1, 0.15) is 4.90 Å². The Balaban J connectivity index is 2.71. The summed E-state index contributed by atoms with van der Waals surface area (Å²) in [5.74, 6) is -0.0364. The lowest BCUT2D eigenvalue weighted by atomic mass is 10.2. The molecule has 0 saturated carbocycles. The number of nitrogens with zero attached hydrogens (tertiary/aromatic N) is 2. The fourth-order valence-corrected chi connectivity index (χ4v) is 3.70. The van der Waals surface area contributed by atoms with Crippen molar-refractivity contribution in [3.05, 3.63) is 40.6 Å². The molecule has 0 bridgehead atoms. The topological polar surface area (TPSA) is 90.2 Å². The summed E-state index contributed by atoms with van der Waals surface area (Å²) in [5, 5.41) is 11.5. The van der Waals surface area contributed by atoms with Crippen molar-refractivity contribution in [2.45, 2.75) is 11.3 Å². The zero-order chi connectivity index (χ0) is 14.8. The van der Waals surface area contributed by atoms with Crippen molar-refractivity contribution in [3.63, 3.8) is 0 Å². The first-order chi connectivity index (χ1) is 9.47. The predicted octanol–water partition coefficient (Wildman–Crippen LogP) is 2.55. The molecule has 8 heteroatoms. The third-order valence-corrected chi connectivity index (χ3v) is 4.88. The second kappa shape index (κ2) is 5.72. The maximum atomic E-state index is 12.2. The Morgan fingerprint density at radius 2 is 2.05 bits per heavy atom. The van der Waals surface area contributed by atoms with Crippen LogP contribution in [0.25, 0.3) is 10.9 Å². The van der Waals surface area contributed by atoms with Crippen molar-refractivity contribution < 1.29 is 13.3 Å². The van der Waals surface area contributed by atoms with Gasteiger partial charge in [-0.15, -0.1) is 11.6 Å². The molecule has 0 radical (unpaired) electrons. The van der Waals surface area contributed by atoms with Gasteiger partial charge in [-0.05, 0) is 30.7 Å². The fourth-order valence-electron chi connectivity index (χ4n) is 1.91. The molecule has 0 atom stereocenters. The molecule has 20 heavy (non-hydrogen) atoms. The first-order valence-corrected chi connectivity index (χ1v) is 7.97. The summed E-state index contributed by atoms with van der Waals surface area (Å²) in [6.07, 6.45) is 1.74. The van der Waals surface area contributed by atoms with Gasteiger partial charge in [-0.3, -0.25) is 15.1 Å². The van der Waals surface area contributed by atoms with Crippen LogP contribution in [0.1, 0.15) is 6.42 Å². The van der Waals surface area contributed by atoms with Crippen LogP contribution in [0.2, 0.25) is 0 Å². The Kier molecular flexibility index (Phi) is 4.20. The van der Waals surface area contributed by atoms with Gasteiger partial charge in [-0.1, -0.05) is 0 Å². The number of rotatable bonds is 5. The van der Waals surface area contributed by atoms with Gasteiger partial charge in [-0.25, -0.2) is 8.42 Å². The van der Waals surface area contributed by atoms with Crippen molar-refractivity contribution in [3.8, 4) is 0 Å². The lowest BCUT2D eigenvalue weighted by Crippen LogP contribution is -2.10. The summed E-state index contributed by atoms with van der Waals surface area (Å²) < 4.78 is 24.4. The minimum atomic E-state index is -3.74. The van der Waals surface area contributed by atoms with Crippen LogP contribution < -0.4 is 0 Å². The third kappa shape index (κ3) is 2.73. The lowest BCUT2D eigenvalue weighted by molar-refractivity contribution is -0.386. The summed E-state index contributed by atoms with van der Waals surface area (Å²) >= 11 is 5.48. The number of nitro groups is 1. The zero-order valence-electron chi connectivity index (χ0n) is 10.3. The third-order valence-electron chi connectivity index (χ3n) is 2.78. The van der Waals surface area contributed by atoms with Crippen molar-refractivity contribution in [2.24, 2.45) is 0 Å². The van der Waals surface area contributed by atoms with Crippen LogP contribution >= 0.6 is 11.6 Å². The SMILES string of the molecule is O=[N+]([O-])c1c(S(=O)(=O)CCCCl)ccc2ncccc12. The van der Waals surface area contributed by atoms with Gasteiger partial charge >= 0.3 is 0 Å². The molecule has 0 amide bonds. The lowest BCUT2D eigenvalue weighted by Gasteiger charge is -2.06. The van der Waals surface area contributed by atoms with Crippen LogP contribution in [0.5, 0.6) is 0 Å². The van der Waals surface area contributed by atoms with Crippen LogP contribution in [-0.2, 0) is 9.84 Å². The average molecular weight is 315 g/mol. The smallest absolute Gasteiger partial charge is 0.258 e. The van der Waals surface area contributed by atoms with Gasteiger partial charge in [0.15, 0.2) is 9.84 Å². The summed E-state index contributed by atoms with van der Waals surface area (Å²) in [5.41, 5.74) is -0.0411. The highest BCUT2D eigenvalue weighted by Crippen LogP contribution is 2.32. The van der Waals surface area contributed by atoms with Crippen LogP contribution in [0, 0.1) is 10.1 Å². The minimum absolute atomic E-state index is 0.183. The molecule has 1 heterocycles. The molecule has 2 rings (SSSR count). The molecular formula is C12H11ClN2O4S. The maximum Gasteiger partial charge on any atom is 0.297 e. The van der Waals surface area contributed by atoms with Crippen LogP contribution in [0.4, 0.5) is 5.69 Å². The van der Waals surface area contributed by atoms with E-state index in [4.69, 9.17) is 11.6 Å². The Labute approximate surface area is 120 Å². The number of aromatic nitrogens is 1. The van der Waals surface area contributed by atoms with E-state index in [0.29, 0.717) is 5.52 Å². The Morgan fingerprint density at radius 3 is 2.70 bits per heavy atom. The quantitative estimate of drug-likeness (QED) is 0.480. The molecule has 0 saturated heterocycles. The number of fused-ring (bicyclic) bond motifs is 1. The second-order valence-corrected chi connectivity index (χ2v) is 6.56. The molecule has 106 valence electrons. The van der Waals surface area contributed by atoms with Crippen molar-refractivity contribution in [2.75, 3.05) is 11.6 Å². The summed E-state index contributed by atoms with van der Waals surface area (Å²) in [4.78, 5) is 14.3. The predicted molar refractivity (Wildman–Crippen MR) is 75.8 cm³/mol. The highest BCUT2D eigenvalue weighted by Gasteiger charge is 2.28. The van der Waals surface area contributed by atoms with E-state index in [9.17, 15) is 18.5 Å². The van der Waals surface area contributed by atoms with Gasteiger partial charge in [0.25, 0.3) is 5.69 Å². The Morgan fingerprint density at radius 1 is 1.30 bits per heavy atom. The second-order valence-electron chi connectivity index (χ2n) is 4.10. The number of benzene rings is 1. The molecule has 6 nitrogen and oxygen atoms in total.